The number of carbonyl (C=O) groups is 1. The van der Waals surface area contributed by atoms with E-state index in [-0.39, 0.29) is 17.9 Å². The van der Waals surface area contributed by atoms with Crippen LogP contribution < -0.4 is 11.5 Å². The van der Waals surface area contributed by atoms with Gasteiger partial charge < -0.3 is 11.5 Å². The third kappa shape index (κ3) is 4.85. The first-order valence-corrected chi connectivity index (χ1v) is 8.20. The van der Waals surface area contributed by atoms with Crippen LogP contribution in [0.25, 0.3) is 0 Å². The first-order valence-electron chi connectivity index (χ1n) is 8.20. The molecule has 0 saturated heterocycles. The molecule has 1 aromatic carbocycles. The van der Waals surface area contributed by atoms with Gasteiger partial charge in [-0.2, -0.15) is 0 Å². The highest BCUT2D eigenvalue weighted by atomic mass is 16.1. The molecule has 2 atom stereocenters. The van der Waals surface area contributed by atoms with Crippen molar-refractivity contribution in [1.82, 2.24) is 0 Å². The first kappa shape index (κ1) is 16.0. The molecule has 1 aliphatic carbocycles. The summed E-state index contributed by atoms with van der Waals surface area (Å²) < 4.78 is 0. The second kappa shape index (κ2) is 7.60. The minimum absolute atomic E-state index is 0.0141. The second-order valence-corrected chi connectivity index (χ2v) is 6.62. The van der Waals surface area contributed by atoms with Crippen LogP contribution in [0.15, 0.2) is 24.3 Å². The lowest BCUT2D eigenvalue weighted by Crippen LogP contribution is -2.19. The molecule has 1 saturated carbocycles. The first-order chi connectivity index (χ1) is 10.1. The molecule has 0 spiro atoms. The van der Waals surface area contributed by atoms with Gasteiger partial charge in [-0.3, -0.25) is 4.79 Å². The molecule has 1 amide bonds. The molecule has 2 unspecified atom stereocenters. The summed E-state index contributed by atoms with van der Waals surface area (Å²) in [7, 11) is 0. The van der Waals surface area contributed by atoms with Gasteiger partial charge in [-0.15, -0.1) is 0 Å². The summed E-state index contributed by atoms with van der Waals surface area (Å²) in [6.45, 7) is 2.03. The van der Waals surface area contributed by atoms with E-state index in [0.717, 1.165) is 17.9 Å². The van der Waals surface area contributed by atoms with E-state index < -0.39 is 0 Å². The molecule has 1 aromatic rings. The van der Waals surface area contributed by atoms with Crippen molar-refractivity contribution in [2.75, 3.05) is 0 Å². The van der Waals surface area contributed by atoms with Crippen molar-refractivity contribution in [2.45, 2.75) is 63.8 Å². The Bertz CT molecular complexity index is 449. The lowest BCUT2D eigenvalue weighted by atomic mass is 9.83. The van der Waals surface area contributed by atoms with E-state index in [9.17, 15) is 4.79 Å². The highest BCUT2D eigenvalue weighted by Crippen LogP contribution is 2.33. The van der Waals surface area contributed by atoms with E-state index in [2.05, 4.69) is 24.3 Å². The Morgan fingerprint density at radius 1 is 1.19 bits per heavy atom. The van der Waals surface area contributed by atoms with Crippen molar-refractivity contribution in [3.05, 3.63) is 35.4 Å². The Labute approximate surface area is 128 Å². The van der Waals surface area contributed by atoms with Crippen LogP contribution in [-0.2, 0) is 4.79 Å². The second-order valence-electron chi connectivity index (χ2n) is 6.62. The van der Waals surface area contributed by atoms with E-state index >= 15 is 0 Å². The monoisotopic (exact) mass is 288 g/mol. The van der Waals surface area contributed by atoms with Crippen LogP contribution in [0.2, 0.25) is 0 Å². The van der Waals surface area contributed by atoms with E-state index in [4.69, 9.17) is 11.5 Å². The zero-order chi connectivity index (χ0) is 15.2. The number of nitrogens with two attached hydrogens (primary N) is 2. The van der Waals surface area contributed by atoms with Crippen LogP contribution in [0.3, 0.4) is 0 Å². The molecule has 0 radical (unpaired) electrons. The van der Waals surface area contributed by atoms with Gasteiger partial charge in [0.15, 0.2) is 0 Å². The zero-order valence-electron chi connectivity index (χ0n) is 13.1. The van der Waals surface area contributed by atoms with Crippen LogP contribution in [-0.4, -0.2) is 5.91 Å². The number of hydrogen-bond acceptors (Lipinski definition) is 2. The lowest BCUT2D eigenvalue weighted by molar-refractivity contribution is -0.118. The van der Waals surface area contributed by atoms with Crippen LogP contribution in [0.5, 0.6) is 0 Å². The van der Waals surface area contributed by atoms with Gasteiger partial charge in [-0.25, -0.2) is 0 Å². The van der Waals surface area contributed by atoms with Crippen LogP contribution in [0.1, 0.15) is 75.0 Å². The minimum atomic E-state index is -0.248. The maximum atomic E-state index is 10.9. The molecule has 1 fully saturated rings. The third-order valence-electron chi connectivity index (χ3n) is 4.65. The van der Waals surface area contributed by atoms with Crippen LogP contribution >= 0.6 is 0 Å². The predicted octanol–water partition coefficient (Wildman–Crippen LogP) is 3.64. The average molecular weight is 288 g/mol. The van der Waals surface area contributed by atoms with Crippen molar-refractivity contribution in [1.29, 1.82) is 0 Å². The quantitative estimate of drug-likeness (QED) is 0.839. The van der Waals surface area contributed by atoms with Gasteiger partial charge in [0.2, 0.25) is 5.91 Å². The Morgan fingerprint density at radius 2 is 1.81 bits per heavy atom. The number of rotatable bonds is 6. The molecular formula is C18H28N2O. The van der Waals surface area contributed by atoms with Crippen molar-refractivity contribution in [2.24, 2.45) is 17.4 Å². The topological polar surface area (TPSA) is 69.1 Å². The van der Waals surface area contributed by atoms with Gasteiger partial charge in [-0.05, 0) is 42.2 Å². The van der Waals surface area contributed by atoms with Gasteiger partial charge >= 0.3 is 0 Å². The molecule has 0 aliphatic heterocycles. The Kier molecular flexibility index (Phi) is 5.80. The molecule has 1 aliphatic rings. The van der Waals surface area contributed by atoms with E-state index in [0.29, 0.717) is 6.42 Å². The van der Waals surface area contributed by atoms with Crippen molar-refractivity contribution >= 4 is 5.91 Å². The summed E-state index contributed by atoms with van der Waals surface area (Å²) in [5.74, 6) is 0.718. The van der Waals surface area contributed by atoms with Crippen molar-refractivity contribution in [3.63, 3.8) is 0 Å². The maximum absolute atomic E-state index is 10.9. The number of benzene rings is 1. The maximum Gasteiger partial charge on any atom is 0.217 e. The number of amides is 1. The molecule has 0 bridgehead atoms. The summed E-state index contributed by atoms with van der Waals surface area (Å²) in [6.07, 6.45) is 7.95. The molecular weight excluding hydrogens is 260 g/mol. The summed E-state index contributed by atoms with van der Waals surface area (Å²) in [5, 5.41) is 0. The molecule has 2 rings (SSSR count). The summed E-state index contributed by atoms with van der Waals surface area (Å²) in [6, 6.07) is 8.78. The largest absolute Gasteiger partial charge is 0.370 e. The van der Waals surface area contributed by atoms with Gasteiger partial charge in [0, 0.05) is 12.5 Å². The van der Waals surface area contributed by atoms with Crippen LogP contribution in [0, 0.1) is 5.92 Å². The fourth-order valence-electron chi connectivity index (χ4n) is 3.45. The Hall–Kier alpha value is -1.35. The fourth-order valence-corrected chi connectivity index (χ4v) is 3.45. The highest BCUT2D eigenvalue weighted by Gasteiger charge is 2.17. The van der Waals surface area contributed by atoms with Crippen molar-refractivity contribution in [3.8, 4) is 0 Å². The molecule has 0 heterocycles. The number of hydrogen-bond donors (Lipinski definition) is 2. The van der Waals surface area contributed by atoms with E-state index in [1.807, 2.05) is 6.92 Å². The molecule has 3 nitrogen and oxygen atoms in total. The summed E-state index contributed by atoms with van der Waals surface area (Å²) in [5.41, 5.74) is 14.1. The molecule has 116 valence electrons. The normalized spacial score (nSPS) is 19.1. The fraction of sp³-hybridized carbons (Fsp3) is 0.611. The molecule has 3 heteroatoms. The minimum Gasteiger partial charge on any atom is -0.370 e. The third-order valence-corrected chi connectivity index (χ3v) is 4.65. The standard InChI is InChI=1S/C18H28N2O/c1-13(12-18(20)21)11-17(19)16-9-7-15(8-10-16)14-5-3-2-4-6-14/h7-10,13-14,17H,2-6,11-12,19H2,1H3,(H2,20,21). The van der Waals surface area contributed by atoms with Gasteiger partial charge in [0.25, 0.3) is 0 Å². The van der Waals surface area contributed by atoms with Gasteiger partial charge in [-0.1, -0.05) is 50.5 Å². The van der Waals surface area contributed by atoms with Gasteiger partial charge in [0.1, 0.15) is 0 Å². The van der Waals surface area contributed by atoms with Crippen molar-refractivity contribution < 1.29 is 4.79 Å². The predicted molar refractivity (Wildman–Crippen MR) is 86.8 cm³/mol. The SMILES string of the molecule is CC(CC(N)=O)CC(N)c1ccc(C2CCCCC2)cc1. The van der Waals surface area contributed by atoms with Crippen LogP contribution in [0.4, 0.5) is 0 Å². The zero-order valence-corrected chi connectivity index (χ0v) is 13.1. The Morgan fingerprint density at radius 3 is 2.38 bits per heavy atom. The number of carbonyl (C=O) groups excluding carboxylic acids is 1. The van der Waals surface area contributed by atoms with E-state index in [1.165, 1.54) is 37.7 Å². The number of primary amides is 1. The van der Waals surface area contributed by atoms with Gasteiger partial charge in [0.05, 0.1) is 0 Å². The summed E-state index contributed by atoms with van der Waals surface area (Å²) in [4.78, 5) is 10.9. The van der Waals surface area contributed by atoms with E-state index in [1.54, 1.807) is 0 Å². The molecule has 0 aromatic heterocycles. The summed E-state index contributed by atoms with van der Waals surface area (Å²) >= 11 is 0. The average Bonchev–Trinajstić information content (AvgIpc) is 2.47. The molecule has 21 heavy (non-hydrogen) atoms. The smallest absolute Gasteiger partial charge is 0.217 e. The molecule has 4 N–H and O–H groups in total. The lowest BCUT2D eigenvalue weighted by Gasteiger charge is -2.23. The Balaban J connectivity index is 1.92. The highest BCUT2D eigenvalue weighted by molar-refractivity contribution is 5.73.